The summed E-state index contributed by atoms with van der Waals surface area (Å²) in [7, 11) is -3.64. The fraction of sp³-hybridized carbons (Fsp3) is 0.235. The number of hydrogen-bond acceptors (Lipinski definition) is 3. The van der Waals surface area contributed by atoms with Crippen molar-refractivity contribution in [2.24, 2.45) is 0 Å². The van der Waals surface area contributed by atoms with E-state index in [4.69, 9.17) is 11.6 Å². The van der Waals surface area contributed by atoms with Gasteiger partial charge in [-0.3, -0.25) is 4.79 Å². The molecule has 0 aliphatic heterocycles. The van der Waals surface area contributed by atoms with E-state index in [2.05, 4.69) is 26.0 Å². The summed E-state index contributed by atoms with van der Waals surface area (Å²) in [5.74, 6) is -0.246. The highest BCUT2D eigenvalue weighted by Gasteiger charge is 2.15. The van der Waals surface area contributed by atoms with Crippen molar-refractivity contribution in [2.75, 3.05) is 6.54 Å². The third kappa shape index (κ3) is 6.11. The molecular formula is C17H18BrClN2O3S. The van der Waals surface area contributed by atoms with E-state index in [-0.39, 0.29) is 29.8 Å². The Balaban J connectivity index is 1.86. The third-order valence-electron chi connectivity index (χ3n) is 3.48. The smallest absolute Gasteiger partial charge is 0.240 e. The molecule has 0 saturated heterocycles. The maximum Gasteiger partial charge on any atom is 0.240 e. The first-order valence-electron chi connectivity index (χ1n) is 7.58. The number of halogens is 2. The summed E-state index contributed by atoms with van der Waals surface area (Å²) >= 11 is 9.17. The highest BCUT2D eigenvalue weighted by molar-refractivity contribution is 9.10. The number of amides is 1. The van der Waals surface area contributed by atoms with Crippen LogP contribution in [0, 0.1) is 0 Å². The average Bonchev–Trinajstić information content (AvgIpc) is 2.54. The van der Waals surface area contributed by atoms with Crippen molar-refractivity contribution in [1.29, 1.82) is 0 Å². The minimum atomic E-state index is -3.64. The van der Waals surface area contributed by atoms with Crippen LogP contribution in [-0.4, -0.2) is 20.9 Å². The summed E-state index contributed by atoms with van der Waals surface area (Å²) in [6.45, 7) is 1.86. The molecule has 2 rings (SSSR count). The van der Waals surface area contributed by atoms with E-state index in [0.29, 0.717) is 9.50 Å². The molecule has 0 aromatic heterocycles. The standard InChI is InChI=1S/C17H18BrClN2O3S/c1-12(13-4-2-6-15(19)10-13)21-17(22)8-9-20-25(23,24)16-7-3-5-14(18)11-16/h2-7,10-12,20H,8-9H2,1H3,(H,21,22). The van der Waals surface area contributed by atoms with Crippen LogP contribution < -0.4 is 10.0 Å². The minimum Gasteiger partial charge on any atom is -0.350 e. The molecule has 0 fully saturated rings. The predicted molar refractivity (Wildman–Crippen MR) is 102 cm³/mol. The zero-order valence-electron chi connectivity index (χ0n) is 13.5. The molecule has 8 heteroatoms. The van der Waals surface area contributed by atoms with Gasteiger partial charge in [0.2, 0.25) is 15.9 Å². The van der Waals surface area contributed by atoms with Gasteiger partial charge in [-0.2, -0.15) is 0 Å². The molecule has 0 saturated carbocycles. The van der Waals surface area contributed by atoms with Gasteiger partial charge in [-0.1, -0.05) is 45.7 Å². The number of carbonyl (C=O) groups excluding carboxylic acids is 1. The van der Waals surface area contributed by atoms with Crippen molar-refractivity contribution in [3.63, 3.8) is 0 Å². The second-order valence-electron chi connectivity index (χ2n) is 5.45. The number of carbonyl (C=O) groups is 1. The maximum atomic E-state index is 12.2. The van der Waals surface area contributed by atoms with E-state index in [9.17, 15) is 13.2 Å². The predicted octanol–water partition coefficient (Wildman–Crippen LogP) is 3.65. The first kappa shape index (κ1) is 19.9. The molecule has 2 aromatic carbocycles. The molecule has 0 radical (unpaired) electrons. The summed E-state index contributed by atoms with van der Waals surface area (Å²) < 4.78 is 27.4. The fourth-order valence-electron chi connectivity index (χ4n) is 2.19. The topological polar surface area (TPSA) is 75.3 Å². The van der Waals surface area contributed by atoms with Crippen LogP contribution in [0.25, 0.3) is 0 Å². The molecule has 2 aromatic rings. The van der Waals surface area contributed by atoms with Gasteiger partial charge in [-0.25, -0.2) is 13.1 Å². The van der Waals surface area contributed by atoms with Gasteiger partial charge in [-0.15, -0.1) is 0 Å². The van der Waals surface area contributed by atoms with Crippen molar-refractivity contribution in [3.8, 4) is 0 Å². The van der Waals surface area contributed by atoms with Crippen LogP contribution in [0.2, 0.25) is 5.02 Å². The van der Waals surface area contributed by atoms with Crippen LogP contribution in [0.5, 0.6) is 0 Å². The molecule has 0 bridgehead atoms. The summed E-state index contributed by atoms with van der Waals surface area (Å²) in [6.07, 6.45) is 0.0398. The van der Waals surface area contributed by atoms with Crippen molar-refractivity contribution >= 4 is 43.5 Å². The lowest BCUT2D eigenvalue weighted by molar-refractivity contribution is -0.121. The van der Waals surface area contributed by atoms with Crippen molar-refractivity contribution in [3.05, 3.63) is 63.6 Å². The van der Waals surface area contributed by atoms with Crippen molar-refractivity contribution in [2.45, 2.75) is 24.3 Å². The molecule has 1 unspecified atom stereocenters. The summed E-state index contributed by atoms with van der Waals surface area (Å²) in [4.78, 5) is 12.1. The molecule has 2 N–H and O–H groups in total. The Kier molecular flexibility index (Phi) is 7.01. The second kappa shape index (κ2) is 8.80. The molecule has 0 aliphatic rings. The van der Waals surface area contributed by atoms with Gasteiger partial charge in [0, 0.05) is 22.5 Å². The molecule has 0 spiro atoms. The number of hydrogen-bond donors (Lipinski definition) is 2. The van der Waals surface area contributed by atoms with Crippen LogP contribution >= 0.6 is 27.5 Å². The first-order valence-corrected chi connectivity index (χ1v) is 10.2. The highest BCUT2D eigenvalue weighted by Crippen LogP contribution is 2.18. The Morgan fingerprint density at radius 1 is 1.20 bits per heavy atom. The van der Waals surface area contributed by atoms with Crippen LogP contribution in [-0.2, 0) is 14.8 Å². The van der Waals surface area contributed by atoms with Gasteiger partial charge in [0.1, 0.15) is 0 Å². The Bertz CT molecular complexity index is 858. The molecule has 0 heterocycles. The normalized spacial score (nSPS) is 12.6. The molecule has 5 nitrogen and oxygen atoms in total. The van der Waals surface area contributed by atoms with Gasteiger partial charge >= 0.3 is 0 Å². The monoisotopic (exact) mass is 444 g/mol. The van der Waals surface area contributed by atoms with E-state index < -0.39 is 10.0 Å². The Morgan fingerprint density at radius 3 is 2.60 bits per heavy atom. The average molecular weight is 446 g/mol. The Labute approximate surface area is 161 Å². The zero-order valence-corrected chi connectivity index (χ0v) is 16.7. The quantitative estimate of drug-likeness (QED) is 0.683. The zero-order chi connectivity index (χ0) is 18.4. The van der Waals surface area contributed by atoms with Crippen molar-refractivity contribution in [1.82, 2.24) is 10.0 Å². The van der Waals surface area contributed by atoms with Gasteiger partial charge in [-0.05, 0) is 42.8 Å². The number of rotatable bonds is 7. The summed E-state index contributed by atoms with van der Waals surface area (Å²) in [5, 5.41) is 3.42. The van der Waals surface area contributed by atoms with E-state index in [1.54, 1.807) is 24.3 Å². The molecule has 1 amide bonds. The van der Waals surface area contributed by atoms with Crippen molar-refractivity contribution < 1.29 is 13.2 Å². The fourth-order valence-corrected chi connectivity index (χ4v) is 4.02. The second-order valence-corrected chi connectivity index (χ2v) is 8.57. The van der Waals surface area contributed by atoms with E-state index >= 15 is 0 Å². The maximum absolute atomic E-state index is 12.2. The van der Waals surface area contributed by atoms with Gasteiger partial charge in [0.05, 0.1) is 10.9 Å². The number of benzene rings is 2. The molecule has 134 valence electrons. The van der Waals surface area contributed by atoms with Gasteiger partial charge in [0.25, 0.3) is 0 Å². The van der Waals surface area contributed by atoms with Crippen LogP contribution in [0.15, 0.2) is 57.9 Å². The third-order valence-corrected chi connectivity index (χ3v) is 5.66. The van der Waals surface area contributed by atoms with Crippen LogP contribution in [0.3, 0.4) is 0 Å². The molecule has 0 aliphatic carbocycles. The van der Waals surface area contributed by atoms with E-state index in [1.165, 1.54) is 12.1 Å². The number of nitrogens with one attached hydrogen (secondary N) is 2. The molecule has 25 heavy (non-hydrogen) atoms. The lowest BCUT2D eigenvalue weighted by Crippen LogP contribution is -2.32. The van der Waals surface area contributed by atoms with Crippen LogP contribution in [0.4, 0.5) is 0 Å². The van der Waals surface area contributed by atoms with E-state index in [0.717, 1.165) is 5.56 Å². The van der Waals surface area contributed by atoms with Crippen LogP contribution in [0.1, 0.15) is 24.9 Å². The first-order chi connectivity index (χ1) is 11.8. The lowest BCUT2D eigenvalue weighted by Gasteiger charge is -2.15. The molecule has 1 atom stereocenters. The van der Waals surface area contributed by atoms with E-state index in [1.807, 2.05) is 19.1 Å². The Hall–Kier alpha value is -1.41. The lowest BCUT2D eigenvalue weighted by atomic mass is 10.1. The number of sulfonamides is 1. The van der Waals surface area contributed by atoms with Gasteiger partial charge < -0.3 is 5.32 Å². The summed E-state index contributed by atoms with van der Waals surface area (Å²) in [6, 6.07) is 13.4. The SMILES string of the molecule is CC(NC(=O)CCNS(=O)(=O)c1cccc(Br)c1)c1cccc(Cl)c1. The Morgan fingerprint density at radius 2 is 1.92 bits per heavy atom. The summed E-state index contributed by atoms with van der Waals surface area (Å²) in [5.41, 5.74) is 0.885. The largest absolute Gasteiger partial charge is 0.350 e. The highest BCUT2D eigenvalue weighted by atomic mass is 79.9. The minimum absolute atomic E-state index is 0.0168. The van der Waals surface area contributed by atoms with Gasteiger partial charge in [0.15, 0.2) is 0 Å². The molecular weight excluding hydrogens is 428 g/mol.